The summed E-state index contributed by atoms with van der Waals surface area (Å²) in [5.41, 5.74) is 5.94. The van der Waals surface area contributed by atoms with Gasteiger partial charge >= 0.3 is 12.1 Å². The Labute approximate surface area is 191 Å². The van der Waals surface area contributed by atoms with Gasteiger partial charge in [-0.05, 0) is 37.5 Å². The first-order valence-corrected chi connectivity index (χ1v) is 10.9. The van der Waals surface area contributed by atoms with Crippen molar-refractivity contribution in [2.45, 2.75) is 43.7 Å². The normalized spacial score (nSPS) is 23.6. The average Bonchev–Trinajstić information content (AvgIpc) is 3.04. The molecule has 0 bridgehead atoms. The van der Waals surface area contributed by atoms with Gasteiger partial charge < -0.3 is 20.3 Å². The number of benzene rings is 1. The highest BCUT2D eigenvalue weighted by Gasteiger charge is 2.42. The minimum atomic E-state index is -0.704. The van der Waals surface area contributed by atoms with Crippen molar-refractivity contribution in [3.8, 4) is 0 Å². The van der Waals surface area contributed by atoms with Crippen molar-refractivity contribution >= 4 is 36.3 Å². The lowest BCUT2D eigenvalue weighted by molar-refractivity contribution is -0.384. The highest BCUT2D eigenvalue weighted by Crippen LogP contribution is 2.26. The van der Waals surface area contributed by atoms with Crippen LogP contribution in [0.15, 0.2) is 24.3 Å². The van der Waals surface area contributed by atoms with Crippen molar-refractivity contribution in [2.75, 3.05) is 26.2 Å². The maximum Gasteiger partial charge on any atom is 0.410 e. The zero-order chi connectivity index (χ0) is 23.4. The maximum atomic E-state index is 13.3. The van der Waals surface area contributed by atoms with Crippen LogP contribution in [0.4, 0.5) is 15.3 Å². The maximum absolute atomic E-state index is 13.3. The Morgan fingerprint density at radius 1 is 1.19 bits per heavy atom. The lowest BCUT2D eigenvalue weighted by atomic mass is 10.1. The third kappa shape index (κ3) is 5.42. The predicted molar refractivity (Wildman–Crippen MR) is 118 cm³/mol. The number of hydrogen-bond acceptors (Lipinski definition) is 7. The van der Waals surface area contributed by atoms with Crippen LogP contribution >= 0.6 is 12.6 Å². The monoisotopic (exact) mass is 465 g/mol. The van der Waals surface area contributed by atoms with E-state index in [2.05, 4.69) is 12.6 Å². The van der Waals surface area contributed by atoms with Crippen LogP contribution in [0.5, 0.6) is 0 Å². The molecule has 11 nitrogen and oxygen atoms in total. The number of carbonyl (C=O) groups is 3. The van der Waals surface area contributed by atoms with Crippen LogP contribution < -0.4 is 5.73 Å². The Morgan fingerprint density at radius 2 is 1.88 bits per heavy atom. The third-order valence-corrected chi connectivity index (χ3v) is 6.12. The van der Waals surface area contributed by atoms with E-state index in [1.54, 1.807) is 4.90 Å². The number of rotatable bonds is 4. The SMILES string of the molecule is CC1CN(C(N)=O)CCCN1C(=O)[C@@H]1C[C@H](S)CN1C(=O)OCc1ccc([N+](=O)[O-])cc1. The number of thiol groups is 1. The number of urea groups is 1. The Kier molecular flexibility index (Phi) is 7.44. The molecule has 174 valence electrons. The first-order chi connectivity index (χ1) is 15.2. The van der Waals surface area contributed by atoms with Gasteiger partial charge in [0.05, 0.1) is 4.92 Å². The highest BCUT2D eigenvalue weighted by molar-refractivity contribution is 7.81. The van der Waals surface area contributed by atoms with Crippen molar-refractivity contribution < 1.29 is 24.0 Å². The number of nitro benzene ring substituents is 1. The van der Waals surface area contributed by atoms with Gasteiger partial charge in [-0.15, -0.1) is 0 Å². The molecule has 0 radical (unpaired) electrons. The molecular formula is C20H27N5O6S. The first kappa shape index (κ1) is 23.6. The summed E-state index contributed by atoms with van der Waals surface area (Å²) in [6.45, 7) is 3.33. The fraction of sp³-hybridized carbons (Fsp3) is 0.550. The number of amides is 4. The first-order valence-electron chi connectivity index (χ1n) is 10.4. The molecule has 0 saturated carbocycles. The Bertz CT molecular complexity index is 882. The number of primary amides is 1. The smallest absolute Gasteiger partial charge is 0.410 e. The van der Waals surface area contributed by atoms with Crippen molar-refractivity contribution in [1.29, 1.82) is 0 Å². The predicted octanol–water partition coefficient (Wildman–Crippen LogP) is 1.61. The van der Waals surface area contributed by atoms with E-state index < -0.39 is 23.1 Å². The second kappa shape index (κ2) is 10.1. The van der Waals surface area contributed by atoms with Gasteiger partial charge in [0.25, 0.3) is 5.69 Å². The largest absolute Gasteiger partial charge is 0.445 e. The number of likely N-dealkylation sites (tertiary alicyclic amines) is 1. The molecule has 1 aromatic rings. The van der Waals surface area contributed by atoms with Crippen molar-refractivity contribution in [2.24, 2.45) is 5.73 Å². The summed E-state index contributed by atoms with van der Waals surface area (Å²) in [7, 11) is 0. The van der Waals surface area contributed by atoms with Gasteiger partial charge in [-0.3, -0.25) is 19.8 Å². The van der Waals surface area contributed by atoms with Crippen LogP contribution in [-0.4, -0.2) is 81.2 Å². The molecule has 12 heteroatoms. The zero-order valence-electron chi connectivity index (χ0n) is 17.8. The molecule has 2 heterocycles. The van der Waals surface area contributed by atoms with Crippen LogP contribution in [-0.2, 0) is 16.1 Å². The zero-order valence-corrected chi connectivity index (χ0v) is 18.6. The summed E-state index contributed by atoms with van der Waals surface area (Å²) < 4.78 is 5.37. The van der Waals surface area contributed by atoms with Crippen LogP contribution in [0.2, 0.25) is 0 Å². The molecule has 2 fully saturated rings. The van der Waals surface area contributed by atoms with Gasteiger partial charge in [0.1, 0.15) is 12.6 Å². The van der Waals surface area contributed by atoms with Crippen LogP contribution in [0.3, 0.4) is 0 Å². The number of nitrogens with zero attached hydrogens (tertiary/aromatic N) is 4. The minimum absolute atomic E-state index is 0.0512. The molecule has 2 aliphatic rings. The standard InChI is InChI=1S/C20H27N5O6S/c1-13-10-22(19(21)27)7-2-8-23(13)18(26)17-9-16(32)11-24(17)20(28)31-12-14-3-5-15(6-4-14)25(29)30/h3-6,13,16-17,32H,2,7-12H2,1H3,(H2,21,27)/t13?,16-,17-/m0/s1. The third-order valence-electron chi connectivity index (χ3n) is 5.75. The molecule has 0 spiro atoms. The molecule has 2 saturated heterocycles. The van der Waals surface area contributed by atoms with Gasteiger partial charge in [-0.25, -0.2) is 9.59 Å². The van der Waals surface area contributed by atoms with E-state index in [1.807, 2.05) is 6.92 Å². The number of ether oxygens (including phenoxy) is 1. The minimum Gasteiger partial charge on any atom is -0.445 e. The fourth-order valence-corrected chi connectivity index (χ4v) is 4.45. The summed E-state index contributed by atoms with van der Waals surface area (Å²) in [5.74, 6) is -0.201. The lowest BCUT2D eigenvalue weighted by Gasteiger charge is -2.33. The Morgan fingerprint density at radius 3 is 2.50 bits per heavy atom. The van der Waals surface area contributed by atoms with Crippen molar-refractivity contribution in [3.63, 3.8) is 0 Å². The molecule has 3 atom stereocenters. The molecular weight excluding hydrogens is 438 g/mol. The summed E-state index contributed by atoms with van der Waals surface area (Å²) in [5, 5.41) is 10.6. The molecule has 32 heavy (non-hydrogen) atoms. The number of hydrogen-bond donors (Lipinski definition) is 2. The molecule has 1 aromatic carbocycles. The van der Waals surface area contributed by atoms with E-state index in [4.69, 9.17) is 10.5 Å². The van der Waals surface area contributed by atoms with Gasteiger partial charge in [0.2, 0.25) is 5.91 Å². The fourth-order valence-electron chi connectivity index (χ4n) is 4.07. The molecule has 0 aromatic heterocycles. The average molecular weight is 466 g/mol. The van der Waals surface area contributed by atoms with Crippen LogP contribution in [0.25, 0.3) is 0 Å². The molecule has 2 aliphatic heterocycles. The topological polar surface area (TPSA) is 139 Å². The van der Waals surface area contributed by atoms with Gasteiger partial charge in [-0.2, -0.15) is 12.6 Å². The van der Waals surface area contributed by atoms with Gasteiger partial charge in [0.15, 0.2) is 0 Å². The van der Waals surface area contributed by atoms with E-state index in [0.717, 1.165) is 0 Å². The second-order valence-electron chi connectivity index (χ2n) is 8.05. The molecule has 1 unspecified atom stereocenters. The number of nitrogens with two attached hydrogens (primary N) is 1. The van der Waals surface area contributed by atoms with E-state index in [9.17, 15) is 24.5 Å². The lowest BCUT2D eigenvalue weighted by Crippen LogP contribution is -2.52. The van der Waals surface area contributed by atoms with Gasteiger partial charge in [0, 0.05) is 49.6 Å². The second-order valence-corrected chi connectivity index (χ2v) is 8.78. The Balaban J connectivity index is 1.64. The molecule has 2 N–H and O–H groups in total. The summed E-state index contributed by atoms with van der Waals surface area (Å²) >= 11 is 4.46. The van der Waals surface area contributed by atoms with E-state index in [0.29, 0.717) is 38.0 Å². The summed E-state index contributed by atoms with van der Waals surface area (Å²) in [6.07, 6.45) is 0.359. The van der Waals surface area contributed by atoms with Crippen LogP contribution in [0.1, 0.15) is 25.3 Å². The van der Waals surface area contributed by atoms with Crippen molar-refractivity contribution in [1.82, 2.24) is 14.7 Å². The molecule has 0 aliphatic carbocycles. The van der Waals surface area contributed by atoms with E-state index >= 15 is 0 Å². The van der Waals surface area contributed by atoms with Gasteiger partial charge in [-0.1, -0.05) is 0 Å². The van der Waals surface area contributed by atoms with E-state index in [1.165, 1.54) is 34.1 Å². The Hall–Kier alpha value is -3.02. The molecule has 3 rings (SSSR count). The van der Waals surface area contributed by atoms with Crippen molar-refractivity contribution in [3.05, 3.63) is 39.9 Å². The number of carbonyl (C=O) groups excluding carboxylic acids is 3. The summed E-state index contributed by atoms with van der Waals surface area (Å²) in [6, 6.07) is 4.25. The number of non-ortho nitro benzene ring substituents is 1. The quantitative estimate of drug-likeness (QED) is 0.393. The van der Waals surface area contributed by atoms with Crippen LogP contribution in [0, 0.1) is 10.1 Å². The highest BCUT2D eigenvalue weighted by atomic mass is 32.1. The molecule has 4 amide bonds. The number of nitro groups is 1. The van der Waals surface area contributed by atoms with E-state index in [-0.39, 0.29) is 36.0 Å². The summed E-state index contributed by atoms with van der Waals surface area (Å²) in [4.78, 5) is 52.5.